The Kier molecular flexibility index (Phi) is 3.66. The van der Waals surface area contributed by atoms with Crippen molar-refractivity contribution < 1.29 is 5.11 Å². The van der Waals surface area contributed by atoms with Crippen LogP contribution in [0.5, 0.6) is 0 Å². The molecule has 0 radical (unpaired) electrons. The summed E-state index contributed by atoms with van der Waals surface area (Å²) in [7, 11) is 0. The highest BCUT2D eigenvalue weighted by Gasteiger charge is 2.60. The molecule has 0 aromatic heterocycles. The molecule has 0 spiro atoms. The summed E-state index contributed by atoms with van der Waals surface area (Å²) in [6.07, 6.45) is 12.6. The van der Waals surface area contributed by atoms with Gasteiger partial charge in [-0.05, 0) is 92.8 Å². The van der Waals surface area contributed by atoms with E-state index in [1.807, 2.05) is 0 Å². The van der Waals surface area contributed by atoms with Crippen molar-refractivity contribution in [2.45, 2.75) is 89.7 Å². The molecular formula is C20H35NO. The molecule has 4 aliphatic carbocycles. The highest BCUT2D eigenvalue weighted by Crippen LogP contribution is 2.65. The fraction of sp³-hybridized carbons (Fsp3) is 1.00. The number of aliphatic hydroxyl groups is 1. The molecular weight excluding hydrogens is 270 g/mol. The van der Waals surface area contributed by atoms with E-state index in [4.69, 9.17) is 5.73 Å². The molecule has 4 fully saturated rings. The number of hydrogen-bond donors (Lipinski definition) is 2. The van der Waals surface area contributed by atoms with Crippen molar-refractivity contribution in [1.82, 2.24) is 0 Å². The predicted molar refractivity (Wildman–Crippen MR) is 90.3 cm³/mol. The van der Waals surface area contributed by atoms with E-state index in [2.05, 4.69) is 13.8 Å². The van der Waals surface area contributed by atoms with Gasteiger partial charge in [0.15, 0.2) is 0 Å². The average Bonchev–Trinajstić information content (AvgIpc) is 2.84. The predicted octanol–water partition coefficient (Wildman–Crippen LogP) is 4.11. The molecule has 8 atom stereocenters. The molecule has 126 valence electrons. The van der Waals surface area contributed by atoms with E-state index in [-0.39, 0.29) is 11.6 Å². The van der Waals surface area contributed by atoms with Crippen LogP contribution in [0, 0.1) is 35.0 Å². The third kappa shape index (κ3) is 1.99. The van der Waals surface area contributed by atoms with E-state index in [0.717, 1.165) is 42.9 Å². The highest BCUT2D eigenvalue weighted by atomic mass is 16.3. The second kappa shape index (κ2) is 5.21. The zero-order valence-corrected chi connectivity index (χ0v) is 14.6. The van der Waals surface area contributed by atoms with Crippen LogP contribution in [-0.4, -0.2) is 16.7 Å². The number of nitrogens with two attached hydrogens (primary N) is 1. The molecule has 3 N–H and O–H groups in total. The van der Waals surface area contributed by atoms with Crippen molar-refractivity contribution in [3.63, 3.8) is 0 Å². The van der Waals surface area contributed by atoms with E-state index < -0.39 is 0 Å². The van der Waals surface area contributed by atoms with Gasteiger partial charge in [-0.2, -0.15) is 0 Å². The minimum atomic E-state index is -0.0805. The first-order valence-electron chi connectivity index (χ1n) is 9.96. The van der Waals surface area contributed by atoms with E-state index in [0.29, 0.717) is 11.3 Å². The number of aliphatic hydroxyl groups excluding tert-OH is 1. The van der Waals surface area contributed by atoms with E-state index in [9.17, 15) is 5.11 Å². The Hall–Kier alpha value is -0.0800. The van der Waals surface area contributed by atoms with Gasteiger partial charge in [0.2, 0.25) is 0 Å². The van der Waals surface area contributed by atoms with Gasteiger partial charge in [-0.3, -0.25) is 0 Å². The molecule has 4 rings (SSSR count). The zero-order valence-electron chi connectivity index (χ0n) is 14.6. The molecule has 0 saturated heterocycles. The van der Waals surface area contributed by atoms with Crippen molar-refractivity contribution in [3.05, 3.63) is 0 Å². The molecule has 0 aromatic rings. The molecule has 0 bridgehead atoms. The fourth-order valence-corrected chi connectivity index (χ4v) is 7.69. The highest BCUT2D eigenvalue weighted by molar-refractivity contribution is 5.12. The summed E-state index contributed by atoms with van der Waals surface area (Å²) < 4.78 is 0. The number of fused-ring (bicyclic) bond motifs is 5. The van der Waals surface area contributed by atoms with Crippen LogP contribution in [0.3, 0.4) is 0 Å². The molecule has 0 amide bonds. The molecule has 2 heteroatoms. The monoisotopic (exact) mass is 305 g/mol. The summed E-state index contributed by atoms with van der Waals surface area (Å²) in [6, 6.07) is 0. The van der Waals surface area contributed by atoms with Gasteiger partial charge in [0, 0.05) is 5.54 Å². The maximum absolute atomic E-state index is 10.1. The van der Waals surface area contributed by atoms with Crippen molar-refractivity contribution in [2.75, 3.05) is 0 Å². The van der Waals surface area contributed by atoms with Gasteiger partial charge in [-0.25, -0.2) is 0 Å². The van der Waals surface area contributed by atoms with Gasteiger partial charge < -0.3 is 10.8 Å². The van der Waals surface area contributed by atoms with E-state index in [1.165, 1.54) is 44.9 Å². The summed E-state index contributed by atoms with van der Waals surface area (Å²) >= 11 is 0. The summed E-state index contributed by atoms with van der Waals surface area (Å²) in [5, 5.41) is 10.1. The second-order valence-electron chi connectivity index (χ2n) is 9.42. The van der Waals surface area contributed by atoms with Crippen molar-refractivity contribution in [1.29, 1.82) is 0 Å². The van der Waals surface area contributed by atoms with Crippen LogP contribution in [0.15, 0.2) is 0 Å². The lowest BCUT2D eigenvalue weighted by atomic mass is 9.47. The van der Waals surface area contributed by atoms with Gasteiger partial charge >= 0.3 is 0 Å². The average molecular weight is 306 g/mol. The maximum atomic E-state index is 10.1. The molecule has 4 aliphatic rings. The maximum Gasteiger partial charge on any atom is 0.0544 e. The molecule has 4 saturated carbocycles. The molecule has 0 aliphatic heterocycles. The Bertz CT molecular complexity index is 437. The van der Waals surface area contributed by atoms with Crippen LogP contribution < -0.4 is 5.73 Å². The fourth-order valence-electron chi connectivity index (χ4n) is 7.69. The summed E-state index contributed by atoms with van der Waals surface area (Å²) in [5.41, 5.74) is 7.72. The van der Waals surface area contributed by atoms with Crippen molar-refractivity contribution in [2.24, 2.45) is 40.7 Å². The summed E-state index contributed by atoms with van der Waals surface area (Å²) in [5.74, 6) is 4.10. The third-order valence-corrected chi connectivity index (χ3v) is 8.89. The van der Waals surface area contributed by atoms with Crippen LogP contribution in [0.2, 0.25) is 0 Å². The topological polar surface area (TPSA) is 46.2 Å². The lowest BCUT2D eigenvalue weighted by molar-refractivity contribution is -0.0910. The SMILES string of the molecule is CC[C@H]1CCC2C3CCC4CC(O)CC[C@]4(N)C3CC[C@@]21C. The lowest BCUT2D eigenvalue weighted by Crippen LogP contribution is -2.64. The van der Waals surface area contributed by atoms with Gasteiger partial charge in [0.05, 0.1) is 6.10 Å². The standard InChI is InChI=1S/C20H35NO/c1-3-13-5-7-17-16-6-4-14-12-15(22)8-11-20(14,21)18(16)9-10-19(13,17)2/h13-18,22H,3-12,21H2,1-2H3/t13-,14?,15?,16?,17?,18?,19+,20+/m0/s1. The Labute approximate surface area is 136 Å². The largest absolute Gasteiger partial charge is 0.393 e. The minimum absolute atomic E-state index is 0.0494. The smallest absolute Gasteiger partial charge is 0.0544 e. The Morgan fingerprint density at radius 3 is 2.59 bits per heavy atom. The second-order valence-corrected chi connectivity index (χ2v) is 9.42. The van der Waals surface area contributed by atoms with Crippen molar-refractivity contribution >= 4 is 0 Å². The van der Waals surface area contributed by atoms with Gasteiger partial charge in [0.1, 0.15) is 0 Å². The first kappa shape index (κ1) is 15.4. The van der Waals surface area contributed by atoms with E-state index >= 15 is 0 Å². The third-order valence-electron chi connectivity index (χ3n) is 8.89. The Morgan fingerprint density at radius 2 is 1.82 bits per heavy atom. The molecule has 5 unspecified atom stereocenters. The Balaban J connectivity index is 1.61. The van der Waals surface area contributed by atoms with Crippen LogP contribution >= 0.6 is 0 Å². The van der Waals surface area contributed by atoms with Crippen LogP contribution in [0.1, 0.15) is 78.1 Å². The number of hydrogen-bond acceptors (Lipinski definition) is 2. The first-order valence-corrected chi connectivity index (χ1v) is 9.96. The van der Waals surface area contributed by atoms with Crippen LogP contribution in [0.25, 0.3) is 0 Å². The molecule has 2 nitrogen and oxygen atoms in total. The summed E-state index contributed by atoms with van der Waals surface area (Å²) in [6.45, 7) is 5.00. The summed E-state index contributed by atoms with van der Waals surface area (Å²) in [4.78, 5) is 0. The van der Waals surface area contributed by atoms with Crippen LogP contribution in [0.4, 0.5) is 0 Å². The molecule has 0 heterocycles. The normalized spacial score (nSPS) is 57.8. The number of rotatable bonds is 1. The zero-order chi connectivity index (χ0) is 15.5. The van der Waals surface area contributed by atoms with Gasteiger partial charge in [-0.15, -0.1) is 0 Å². The molecule has 0 aromatic carbocycles. The minimum Gasteiger partial charge on any atom is -0.393 e. The van der Waals surface area contributed by atoms with Crippen LogP contribution in [-0.2, 0) is 0 Å². The van der Waals surface area contributed by atoms with Gasteiger partial charge in [0.25, 0.3) is 0 Å². The Morgan fingerprint density at radius 1 is 1.00 bits per heavy atom. The van der Waals surface area contributed by atoms with Gasteiger partial charge in [-0.1, -0.05) is 20.3 Å². The quantitative estimate of drug-likeness (QED) is 0.766. The lowest BCUT2D eigenvalue weighted by Gasteiger charge is -2.60. The van der Waals surface area contributed by atoms with E-state index in [1.54, 1.807) is 0 Å². The molecule has 22 heavy (non-hydrogen) atoms. The van der Waals surface area contributed by atoms with Crippen molar-refractivity contribution in [3.8, 4) is 0 Å². The first-order chi connectivity index (χ1) is 10.5.